The van der Waals surface area contributed by atoms with Crippen LogP contribution in [0.15, 0.2) is 30.5 Å². The van der Waals surface area contributed by atoms with E-state index in [-0.39, 0.29) is 0 Å². The Balaban J connectivity index is 2.03. The van der Waals surface area contributed by atoms with E-state index in [4.69, 9.17) is 10.7 Å². The van der Waals surface area contributed by atoms with Crippen LogP contribution in [-0.4, -0.2) is 43.1 Å². The number of nitrogens with zero attached hydrogens (tertiary/aromatic N) is 3. The van der Waals surface area contributed by atoms with Crippen molar-refractivity contribution in [3.63, 3.8) is 0 Å². The predicted octanol–water partition coefficient (Wildman–Crippen LogP) is 1.78. The van der Waals surface area contributed by atoms with E-state index in [1.165, 1.54) is 0 Å². The maximum atomic E-state index is 11.3. The minimum Gasteiger partial charge on any atom is -0.366 e. The fourth-order valence-electron chi connectivity index (χ4n) is 3.03. The van der Waals surface area contributed by atoms with Gasteiger partial charge in [-0.3, -0.25) is 4.79 Å². The summed E-state index contributed by atoms with van der Waals surface area (Å²) in [6, 6.07) is 7.32. The summed E-state index contributed by atoms with van der Waals surface area (Å²) in [6.07, 6.45) is 4.14. The Hall–Kier alpha value is -2.47. The molecule has 126 valence electrons. The third kappa shape index (κ3) is 3.38. The number of primary amides is 1. The average molecular weight is 325 g/mol. The van der Waals surface area contributed by atoms with Crippen molar-refractivity contribution in [2.24, 2.45) is 5.73 Å². The number of hydrogen-bond donors (Lipinski definition) is 2. The van der Waals surface area contributed by atoms with Crippen LogP contribution in [-0.2, 0) is 0 Å². The largest absolute Gasteiger partial charge is 0.366 e. The highest BCUT2D eigenvalue weighted by Crippen LogP contribution is 2.32. The number of carbonyl (C=O) groups is 1. The SMILES string of the molecule is CN(C)c1ncc(-c2ccc(C(N)=O)cc2)c(C2CCCNC2)n1. The van der Waals surface area contributed by atoms with Crippen LogP contribution in [0.3, 0.4) is 0 Å². The average Bonchev–Trinajstić information content (AvgIpc) is 2.62. The van der Waals surface area contributed by atoms with Crippen molar-refractivity contribution in [2.45, 2.75) is 18.8 Å². The maximum absolute atomic E-state index is 11.3. The Morgan fingerprint density at radius 3 is 2.62 bits per heavy atom. The summed E-state index contributed by atoms with van der Waals surface area (Å²) in [4.78, 5) is 22.5. The first-order valence-electron chi connectivity index (χ1n) is 8.21. The third-order valence-corrected chi connectivity index (χ3v) is 4.37. The molecule has 2 heterocycles. The topological polar surface area (TPSA) is 84.1 Å². The van der Waals surface area contributed by atoms with Crippen molar-refractivity contribution in [1.82, 2.24) is 15.3 Å². The van der Waals surface area contributed by atoms with E-state index in [1.54, 1.807) is 12.1 Å². The molecular weight excluding hydrogens is 302 g/mol. The fraction of sp³-hybridized carbons (Fsp3) is 0.389. The maximum Gasteiger partial charge on any atom is 0.248 e. The summed E-state index contributed by atoms with van der Waals surface area (Å²) >= 11 is 0. The molecule has 1 atom stereocenters. The van der Waals surface area contributed by atoms with Crippen LogP contribution < -0.4 is 16.0 Å². The molecule has 1 aliphatic heterocycles. The van der Waals surface area contributed by atoms with E-state index < -0.39 is 5.91 Å². The summed E-state index contributed by atoms with van der Waals surface area (Å²) in [5.74, 6) is 0.664. The number of aromatic nitrogens is 2. The van der Waals surface area contributed by atoms with E-state index in [1.807, 2.05) is 37.3 Å². The zero-order valence-corrected chi connectivity index (χ0v) is 14.1. The zero-order valence-electron chi connectivity index (χ0n) is 14.1. The quantitative estimate of drug-likeness (QED) is 0.895. The van der Waals surface area contributed by atoms with Crippen molar-refractivity contribution in [1.29, 1.82) is 0 Å². The van der Waals surface area contributed by atoms with Gasteiger partial charge in [0.2, 0.25) is 11.9 Å². The second-order valence-electron chi connectivity index (χ2n) is 6.35. The van der Waals surface area contributed by atoms with Gasteiger partial charge >= 0.3 is 0 Å². The Labute approximate surface area is 142 Å². The van der Waals surface area contributed by atoms with Gasteiger partial charge in [0.15, 0.2) is 0 Å². The summed E-state index contributed by atoms with van der Waals surface area (Å²) in [7, 11) is 3.89. The molecule has 6 heteroatoms. The lowest BCUT2D eigenvalue weighted by Crippen LogP contribution is -2.29. The van der Waals surface area contributed by atoms with Gasteiger partial charge in [-0.1, -0.05) is 12.1 Å². The number of carbonyl (C=O) groups excluding carboxylic acids is 1. The minimum atomic E-state index is -0.419. The second kappa shape index (κ2) is 6.97. The van der Waals surface area contributed by atoms with Gasteiger partial charge < -0.3 is 16.0 Å². The van der Waals surface area contributed by atoms with Gasteiger partial charge in [-0.05, 0) is 37.1 Å². The molecular formula is C18H23N5O. The normalized spacial score (nSPS) is 17.5. The van der Waals surface area contributed by atoms with Crippen LogP contribution in [0, 0.1) is 0 Å². The van der Waals surface area contributed by atoms with Crippen LogP contribution >= 0.6 is 0 Å². The molecule has 1 amide bonds. The smallest absolute Gasteiger partial charge is 0.248 e. The number of nitrogens with two attached hydrogens (primary N) is 1. The lowest BCUT2D eigenvalue weighted by Gasteiger charge is -2.25. The molecule has 1 aromatic carbocycles. The molecule has 1 saturated heterocycles. The van der Waals surface area contributed by atoms with Crippen molar-refractivity contribution >= 4 is 11.9 Å². The molecule has 0 saturated carbocycles. The van der Waals surface area contributed by atoms with Gasteiger partial charge in [-0.2, -0.15) is 0 Å². The first kappa shape index (κ1) is 16.4. The van der Waals surface area contributed by atoms with Gasteiger partial charge in [0.05, 0.1) is 5.69 Å². The second-order valence-corrected chi connectivity index (χ2v) is 6.35. The van der Waals surface area contributed by atoms with E-state index in [9.17, 15) is 4.79 Å². The van der Waals surface area contributed by atoms with E-state index >= 15 is 0 Å². The molecule has 3 N–H and O–H groups in total. The Morgan fingerprint density at radius 1 is 1.29 bits per heavy atom. The van der Waals surface area contributed by atoms with Crippen LogP contribution in [0.2, 0.25) is 0 Å². The van der Waals surface area contributed by atoms with Crippen LogP contribution in [0.1, 0.15) is 34.8 Å². The van der Waals surface area contributed by atoms with Crippen molar-refractivity contribution in [3.8, 4) is 11.1 Å². The molecule has 1 aliphatic rings. The summed E-state index contributed by atoms with van der Waals surface area (Å²) < 4.78 is 0. The molecule has 2 aromatic rings. The standard InChI is InChI=1S/C18H23N5O/c1-23(2)18-21-11-15(12-5-7-13(8-6-12)17(19)24)16(22-18)14-4-3-9-20-10-14/h5-8,11,14,20H,3-4,9-10H2,1-2H3,(H2,19,24). The molecule has 0 spiro atoms. The zero-order chi connectivity index (χ0) is 17.1. The molecule has 24 heavy (non-hydrogen) atoms. The molecule has 3 rings (SSSR count). The van der Waals surface area contributed by atoms with E-state index in [2.05, 4.69) is 10.3 Å². The summed E-state index contributed by atoms with van der Waals surface area (Å²) in [5, 5.41) is 3.45. The monoisotopic (exact) mass is 325 g/mol. The number of amides is 1. The lowest BCUT2D eigenvalue weighted by atomic mass is 9.90. The number of benzene rings is 1. The van der Waals surface area contributed by atoms with Gasteiger partial charge in [-0.15, -0.1) is 0 Å². The summed E-state index contributed by atoms with van der Waals surface area (Å²) in [6.45, 7) is 1.99. The number of nitrogens with one attached hydrogen (secondary N) is 1. The first-order chi connectivity index (χ1) is 11.6. The molecule has 1 aromatic heterocycles. The van der Waals surface area contributed by atoms with Crippen LogP contribution in [0.25, 0.3) is 11.1 Å². The molecule has 6 nitrogen and oxygen atoms in total. The molecule has 0 radical (unpaired) electrons. The highest BCUT2D eigenvalue weighted by molar-refractivity contribution is 5.93. The molecule has 0 bridgehead atoms. The van der Waals surface area contributed by atoms with Crippen molar-refractivity contribution < 1.29 is 4.79 Å². The third-order valence-electron chi connectivity index (χ3n) is 4.37. The Morgan fingerprint density at radius 2 is 2.04 bits per heavy atom. The Bertz CT molecular complexity index is 721. The van der Waals surface area contributed by atoms with Crippen molar-refractivity contribution in [2.75, 3.05) is 32.1 Å². The lowest BCUT2D eigenvalue weighted by molar-refractivity contribution is 0.100. The van der Waals surface area contributed by atoms with E-state index in [0.717, 1.165) is 42.8 Å². The van der Waals surface area contributed by atoms with Gasteiger partial charge in [0, 0.05) is 43.9 Å². The van der Waals surface area contributed by atoms with Gasteiger partial charge in [-0.25, -0.2) is 9.97 Å². The predicted molar refractivity (Wildman–Crippen MR) is 95.2 cm³/mol. The molecule has 0 aliphatic carbocycles. The molecule has 1 unspecified atom stereocenters. The van der Waals surface area contributed by atoms with E-state index in [0.29, 0.717) is 17.4 Å². The van der Waals surface area contributed by atoms with Gasteiger partial charge in [0.1, 0.15) is 0 Å². The Kier molecular flexibility index (Phi) is 4.76. The molecule has 1 fully saturated rings. The van der Waals surface area contributed by atoms with Crippen molar-refractivity contribution in [3.05, 3.63) is 41.7 Å². The summed E-state index contributed by atoms with van der Waals surface area (Å²) in [5.41, 5.74) is 8.92. The number of rotatable bonds is 4. The fourth-order valence-corrected chi connectivity index (χ4v) is 3.03. The van der Waals surface area contributed by atoms with Crippen LogP contribution in [0.4, 0.5) is 5.95 Å². The number of anilines is 1. The van der Waals surface area contributed by atoms with Crippen LogP contribution in [0.5, 0.6) is 0 Å². The first-order valence-corrected chi connectivity index (χ1v) is 8.21. The minimum absolute atomic E-state index is 0.367. The highest BCUT2D eigenvalue weighted by Gasteiger charge is 2.22. The number of piperidine rings is 1. The highest BCUT2D eigenvalue weighted by atomic mass is 16.1. The number of hydrogen-bond acceptors (Lipinski definition) is 5. The van der Waals surface area contributed by atoms with Gasteiger partial charge in [0.25, 0.3) is 0 Å².